The zero-order valence-electron chi connectivity index (χ0n) is 8.46. The molecular formula is C11H20OS. The van der Waals surface area contributed by atoms with E-state index in [2.05, 4.69) is 19.6 Å². The van der Waals surface area contributed by atoms with Gasteiger partial charge in [0.1, 0.15) is 0 Å². The molecule has 1 saturated carbocycles. The lowest BCUT2D eigenvalue weighted by molar-refractivity contribution is -0.116. The maximum Gasteiger partial charge on any atom is 0.189 e. The van der Waals surface area contributed by atoms with Crippen LogP contribution in [0.25, 0.3) is 0 Å². The van der Waals surface area contributed by atoms with Crippen LogP contribution in [0.1, 0.15) is 51.9 Å². The highest BCUT2D eigenvalue weighted by Gasteiger charge is 2.26. The highest BCUT2D eigenvalue weighted by Crippen LogP contribution is 2.33. The Labute approximate surface area is 86.7 Å². The summed E-state index contributed by atoms with van der Waals surface area (Å²) in [6.07, 6.45) is 8.61. The van der Waals surface area contributed by atoms with Gasteiger partial charge in [0.15, 0.2) is 5.12 Å². The van der Waals surface area contributed by atoms with Gasteiger partial charge < -0.3 is 0 Å². The van der Waals surface area contributed by atoms with Gasteiger partial charge in [0.25, 0.3) is 0 Å². The number of hydrogen-bond donors (Lipinski definition) is 1. The topological polar surface area (TPSA) is 17.1 Å². The summed E-state index contributed by atoms with van der Waals surface area (Å²) in [6.45, 7) is 2.15. The minimum absolute atomic E-state index is 0.119. The summed E-state index contributed by atoms with van der Waals surface area (Å²) in [4.78, 5) is 11.3. The van der Waals surface area contributed by atoms with Gasteiger partial charge in [-0.2, -0.15) is 0 Å². The summed E-state index contributed by atoms with van der Waals surface area (Å²) < 4.78 is 0. The number of rotatable bonds is 4. The molecule has 13 heavy (non-hydrogen) atoms. The molecule has 0 radical (unpaired) electrons. The van der Waals surface area contributed by atoms with Crippen LogP contribution in [0.2, 0.25) is 0 Å². The van der Waals surface area contributed by atoms with E-state index in [4.69, 9.17) is 0 Å². The standard InChI is InChI=1S/C11H20OS/c1-2-6-10(11(12)13)9-7-4-3-5-8-9/h9-10H,2-8H2,1H3,(H,12,13). The van der Waals surface area contributed by atoms with Crippen molar-refractivity contribution in [2.75, 3.05) is 0 Å². The molecule has 0 spiro atoms. The minimum atomic E-state index is 0.119. The second-order valence-electron chi connectivity index (χ2n) is 4.13. The summed E-state index contributed by atoms with van der Waals surface area (Å²) in [5.74, 6) is 0.882. The summed E-state index contributed by atoms with van der Waals surface area (Å²) >= 11 is 4.00. The zero-order chi connectivity index (χ0) is 9.68. The Bertz CT molecular complexity index is 161. The molecule has 0 N–H and O–H groups in total. The minimum Gasteiger partial charge on any atom is -0.287 e. The average molecular weight is 200 g/mol. The molecule has 1 aliphatic carbocycles. The fourth-order valence-corrected chi connectivity index (χ4v) is 2.75. The Morgan fingerprint density at radius 3 is 2.46 bits per heavy atom. The molecule has 76 valence electrons. The van der Waals surface area contributed by atoms with E-state index < -0.39 is 0 Å². The van der Waals surface area contributed by atoms with Gasteiger partial charge in [0.05, 0.1) is 0 Å². The lowest BCUT2D eigenvalue weighted by Crippen LogP contribution is -2.22. The second-order valence-corrected chi connectivity index (χ2v) is 4.57. The van der Waals surface area contributed by atoms with Crippen LogP contribution in [-0.4, -0.2) is 5.12 Å². The fourth-order valence-electron chi connectivity index (χ4n) is 2.41. The Balaban J connectivity index is 2.46. The lowest BCUT2D eigenvalue weighted by atomic mass is 9.79. The van der Waals surface area contributed by atoms with Crippen molar-refractivity contribution in [1.29, 1.82) is 0 Å². The molecule has 1 nitrogen and oxygen atoms in total. The summed E-state index contributed by atoms with van der Waals surface area (Å²) in [5.41, 5.74) is 0. The quantitative estimate of drug-likeness (QED) is 0.688. The van der Waals surface area contributed by atoms with Gasteiger partial charge in [-0.05, 0) is 25.2 Å². The van der Waals surface area contributed by atoms with Crippen LogP contribution in [0.4, 0.5) is 0 Å². The van der Waals surface area contributed by atoms with E-state index in [9.17, 15) is 4.79 Å². The van der Waals surface area contributed by atoms with Crippen LogP contribution in [0.5, 0.6) is 0 Å². The summed E-state index contributed by atoms with van der Waals surface area (Å²) in [7, 11) is 0. The van der Waals surface area contributed by atoms with Crippen molar-refractivity contribution in [1.82, 2.24) is 0 Å². The maximum atomic E-state index is 11.3. The van der Waals surface area contributed by atoms with E-state index in [-0.39, 0.29) is 11.0 Å². The highest BCUT2D eigenvalue weighted by molar-refractivity contribution is 7.96. The molecular weight excluding hydrogens is 180 g/mol. The molecule has 1 aliphatic rings. The van der Waals surface area contributed by atoms with Gasteiger partial charge in [0, 0.05) is 5.92 Å². The predicted molar refractivity (Wildman–Crippen MR) is 59.0 cm³/mol. The number of hydrogen-bond acceptors (Lipinski definition) is 1. The van der Waals surface area contributed by atoms with Gasteiger partial charge in [-0.1, -0.05) is 32.6 Å². The molecule has 0 bridgehead atoms. The molecule has 0 amide bonds. The van der Waals surface area contributed by atoms with Gasteiger partial charge in [-0.3, -0.25) is 4.79 Å². The maximum absolute atomic E-state index is 11.3. The highest BCUT2D eigenvalue weighted by atomic mass is 32.1. The smallest absolute Gasteiger partial charge is 0.189 e. The first-order valence-electron chi connectivity index (χ1n) is 5.48. The lowest BCUT2D eigenvalue weighted by Gasteiger charge is -2.27. The Morgan fingerprint density at radius 2 is 2.00 bits per heavy atom. The van der Waals surface area contributed by atoms with Gasteiger partial charge in [-0.15, -0.1) is 12.6 Å². The first-order valence-corrected chi connectivity index (χ1v) is 5.93. The molecule has 1 fully saturated rings. The number of carbonyl (C=O) groups excluding carboxylic acids is 1. The third-order valence-electron chi connectivity index (χ3n) is 3.14. The summed E-state index contributed by atoms with van der Waals surface area (Å²) in [6, 6.07) is 0. The summed E-state index contributed by atoms with van der Waals surface area (Å²) in [5, 5.41) is 0.119. The Hall–Kier alpha value is 0.0200. The van der Waals surface area contributed by atoms with Crippen molar-refractivity contribution in [3.63, 3.8) is 0 Å². The van der Waals surface area contributed by atoms with Crippen molar-refractivity contribution in [3.8, 4) is 0 Å². The zero-order valence-corrected chi connectivity index (χ0v) is 9.35. The molecule has 1 rings (SSSR count). The van der Waals surface area contributed by atoms with Crippen LogP contribution in [0, 0.1) is 11.8 Å². The number of thiol groups is 1. The van der Waals surface area contributed by atoms with Crippen LogP contribution < -0.4 is 0 Å². The van der Waals surface area contributed by atoms with E-state index in [1.807, 2.05) is 0 Å². The average Bonchev–Trinajstić information content (AvgIpc) is 2.15. The third-order valence-corrected chi connectivity index (χ3v) is 3.47. The monoisotopic (exact) mass is 200 g/mol. The SMILES string of the molecule is CCCC(C(=O)S)C1CCCCC1. The van der Waals surface area contributed by atoms with Crippen molar-refractivity contribution in [2.24, 2.45) is 11.8 Å². The molecule has 0 saturated heterocycles. The van der Waals surface area contributed by atoms with Crippen molar-refractivity contribution < 1.29 is 4.79 Å². The third kappa shape index (κ3) is 3.34. The molecule has 0 aromatic carbocycles. The Morgan fingerprint density at radius 1 is 1.38 bits per heavy atom. The molecule has 2 heteroatoms. The Kier molecular flexibility index (Phi) is 4.86. The van der Waals surface area contributed by atoms with E-state index in [1.54, 1.807) is 0 Å². The van der Waals surface area contributed by atoms with Crippen LogP contribution in [0.3, 0.4) is 0 Å². The molecule has 0 aromatic heterocycles. The van der Waals surface area contributed by atoms with Crippen molar-refractivity contribution in [2.45, 2.75) is 51.9 Å². The first-order chi connectivity index (χ1) is 6.25. The van der Waals surface area contributed by atoms with Crippen molar-refractivity contribution >= 4 is 17.7 Å². The molecule has 0 aliphatic heterocycles. The van der Waals surface area contributed by atoms with Gasteiger partial charge >= 0.3 is 0 Å². The predicted octanol–water partition coefficient (Wildman–Crippen LogP) is 3.44. The molecule has 0 heterocycles. The van der Waals surface area contributed by atoms with E-state index in [1.165, 1.54) is 32.1 Å². The van der Waals surface area contributed by atoms with Gasteiger partial charge in [0.2, 0.25) is 0 Å². The van der Waals surface area contributed by atoms with Crippen LogP contribution >= 0.6 is 12.6 Å². The molecule has 0 aromatic rings. The van der Waals surface area contributed by atoms with Gasteiger partial charge in [-0.25, -0.2) is 0 Å². The van der Waals surface area contributed by atoms with E-state index in [0.29, 0.717) is 5.92 Å². The first kappa shape index (κ1) is 11.1. The fraction of sp³-hybridized carbons (Fsp3) is 0.909. The van der Waals surface area contributed by atoms with Crippen LogP contribution in [-0.2, 0) is 4.79 Å². The van der Waals surface area contributed by atoms with E-state index >= 15 is 0 Å². The van der Waals surface area contributed by atoms with Crippen LogP contribution in [0.15, 0.2) is 0 Å². The normalized spacial score (nSPS) is 21.4. The largest absolute Gasteiger partial charge is 0.287 e. The molecule has 1 atom stereocenters. The van der Waals surface area contributed by atoms with Crippen molar-refractivity contribution in [3.05, 3.63) is 0 Å². The number of carbonyl (C=O) groups is 1. The second kappa shape index (κ2) is 5.69. The van der Waals surface area contributed by atoms with E-state index in [0.717, 1.165) is 12.8 Å². The molecule has 1 unspecified atom stereocenters.